The van der Waals surface area contributed by atoms with E-state index in [0.717, 1.165) is 43.6 Å². The fourth-order valence-electron chi connectivity index (χ4n) is 3.85. The Labute approximate surface area is 134 Å². The lowest BCUT2D eigenvalue weighted by Crippen LogP contribution is -2.48. The summed E-state index contributed by atoms with van der Waals surface area (Å²) in [4.78, 5) is 9.70. The number of rotatable bonds is 3. The summed E-state index contributed by atoms with van der Waals surface area (Å²) in [6.07, 6.45) is 3.30. The van der Waals surface area contributed by atoms with Crippen molar-refractivity contribution >= 4 is 5.82 Å². The highest BCUT2D eigenvalue weighted by Gasteiger charge is 2.26. The van der Waals surface area contributed by atoms with Crippen molar-refractivity contribution in [2.75, 3.05) is 37.6 Å². The highest BCUT2D eigenvalue weighted by atomic mass is 16.5. The molecular weight excluding hydrogens is 274 g/mol. The molecular formula is C18H29N3O. The van der Waals surface area contributed by atoms with E-state index in [2.05, 4.69) is 53.8 Å². The Balaban J connectivity index is 1.49. The molecule has 0 bridgehead atoms. The first kappa shape index (κ1) is 15.8. The van der Waals surface area contributed by atoms with Gasteiger partial charge in [-0.2, -0.15) is 0 Å². The summed E-state index contributed by atoms with van der Waals surface area (Å²) >= 11 is 0. The minimum atomic E-state index is 0.375. The van der Waals surface area contributed by atoms with Crippen LogP contribution in [-0.2, 0) is 4.74 Å². The van der Waals surface area contributed by atoms with E-state index >= 15 is 0 Å². The van der Waals surface area contributed by atoms with Crippen LogP contribution < -0.4 is 4.90 Å². The Kier molecular flexibility index (Phi) is 4.99. The van der Waals surface area contributed by atoms with E-state index in [-0.39, 0.29) is 0 Å². The summed E-state index contributed by atoms with van der Waals surface area (Å²) in [5, 5.41) is 0. The summed E-state index contributed by atoms with van der Waals surface area (Å²) in [7, 11) is 0. The largest absolute Gasteiger partial charge is 0.373 e. The maximum absolute atomic E-state index is 5.83. The van der Waals surface area contributed by atoms with Gasteiger partial charge in [-0.3, -0.25) is 4.90 Å². The van der Waals surface area contributed by atoms with Crippen LogP contribution in [0.25, 0.3) is 0 Å². The van der Waals surface area contributed by atoms with Gasteiger partial charge in [-0.05, 0) is 51.7 Å². The van der Waals surface area contributed by atoms with Crippen LogP contribution in [0.5, 0.6) is 0 Å². The smallest absolute Gasteiger partial charge is 0.128 e. The van der Waals surface area contributed by atoms with E-state index in [1.807, 2.05) is 0 Å². The van der Waals surface area contributed by atoms with Gasteiger partial charge in [0.1, 0.15) is 5.82 Å². The molecule has 0 amide bonds. The lowest BCUT2D eigenvalue weighted by molar-refractivity contribution is -0.0720. The number of nitrogens with zero attached hydrogens (tertiary/aromatic N) is 3. The molecule has 4 nitrogen and oxygen atoms in total. The molecule has 3 heterocycles. The fourth-order valence-corrected chi connectivity index (χ4v) is 3.85. The van der Waals surface area contributed by atoms with Gasteiger partial charge in [0.25, 0.3) is 0 Å². The Morgan fingerprint density at radius 1 is 1.14 bits per heavy atom. The molecule has 122 valence electrons. The van der Waals surface area contributed by atoms with Gasteiger partial charge in [0.15, 0.2) is 0 Å². The van der Waals surface area contributed by atoms with Gasteiger partial charge in [0.05, 0.1) is 12.2 Å². The van der Waals surface area contributed by atoms with Crippen LogP contribution in [0, 0.1) is 12.8 Å². The summed E-state index contributed by atoms with van der Waals surface area (Å²) in [6, 6.07) is 6.32. The quantitative estimate of drug-likeness (QED) is 0.858. The van der Waals surface area contributed by atoms with Crippen LogP contribution in [0.3, 0.4) is 0 Å². The molecule has 1 aromatic heterocycles. The van der Waals surface area contributed by atoms with Crippen molar-refractivity contribution < 1.29 is 4.74 Å². The highest BCUT2D eigenvalue weighted by Crippen LogP contribution is 2.24. The van der Waals surface area contributed by atoms with Crippen molar-refractivity contribution in [3.05, 3.63) is 23.9 Å². The highest BCUT2D eigenvalue weighted by molar-refractivity contribution is 5.39. The standard InChI is InChI=1S/C18H29N3O/c1-14-5-4-6-18(19-14)21-9-7-17(8-10-21)13-20-11-15(2)22-16(3)12-20/h4-6,15-17H,7-13H2,1-3H3/t15-,16-/m1/s1. The normalized spacial score (nSPS) is 28.0. The van der Waals surface area contributed by atoms with Crippen LogP contribution in [-0.4, -0.2) is 54.8 Å². The van der Waals surface area contributed by atoms with Gasteiger partial charge in [-0.25, -0.2) is 4.98 Å². The second kappa shape index (κ2) is 6.97. The van der Waals surface area contributed by atoms with Crippen LogP contribution in [0.2, 0.25) is 0 Å². The molecule has 2 fully saturated rings. The average Bonchev–Trinajstić information content (AvgIpc) is 2.47. The van der Waals surface area contributed by atoms with Crippen molar-refractivity contribution in [3.8, 4) is 0 Å². The second-order valence-electron chi connectivity index (χ2n) is 7.04. The van der Waals surface area contributed by atoms with Gasteiger partial charge >= 0.3 is 0 Å². The average molecular weight is 303 g/mol. The molecule has 2 atom stereocenters. The Bertz CT molecular complexity index is 475. The lowest BCUT2D eigenvalue weighted by atomic mass is 9.95. The van der Waals surface area contributed by atoms with Crippen molar-refractivity contribution in [3.63, 3.8) is 0 Å². The number of morpholine rings is 1. The number of piperidine rings is 1. The summed E-state index contributed by atoms with van der Waals surface area (Å²) in [6.45, 7) is 12.1. The number of ether oxygens (including phenoxy) is 1. The monoisotopic (exact) mass is 303 g/mol. The number of pyridine rings is 1. The second-order valence-corrected chi connectivity index (χ2v) is 7.04. The summed E-state index contributed by atoms with van der Waals surface area (Å²) in [5.41, 5.74) is 1.11. The number of anilines is 1. The van der Waals surface area contributed by atoms with Crippen LogP contribution in [0.4, 0.5) is 5.82 Å². The predicted molar refractivity (Wildman–Crippen MR) is 90.4 cm³/mol. The third kappa shape index (κ3) is 3.99. The molecule has 0 spiro atoms. The number of hydrogen-bond acceptors (Lipinski definition) is 4. The van der Waals surface area contributed by atoms with Crippen LogP contribution in [0.1, 0.15) is 32.4 Å². The van der Waals surface area contributed by atoms with Crippen LogP contribution in [0.15, 0.2) is 18.2 Å². The number of hydrogen-bond donors (Lipinski definition) is 0. The van der Waals surface area contributed by atoms with Crippen molar-refractivity contribution in [2.45, 2.75) is 45.8 Å². The SMILES string of the molecule is Cc1cccc(N2CCC(CN3C[C@@H](C)O[C@H](C)C3)CC2)n1. The van der Waals surface area contributed by atoms with Crippen molar-refractivity contribution in [1.29, 1.82) is 0 Å². The minimum Gasteiger partial charge on any atom is -0.373 e. The molecule has 2 saturated heterocycles. The summed E-state index contributed by atoms with van der Waals surface area (Å²) < 4.78 is 5.83. The Morgan fingerprint density at radius 2 is 1.82 bits per heavy atom. The lowest BCUT2D eigenvalue weighted by Gasteiger charge is -2.39. The molecule has 4 heteroatoms. The molecule has 2 aliphatic heterocycles. The number of aryl methyl sites for hydroxylation is 1. The molecule has 22 heavy (non-hydrogen) atoms. The van der Waals surface area contributed by atoms with Crippen molar-refractivity contribution in [2.24, 2.45) is 5.92 Å². The van der Waals surface area contributed by atoms with Gasteiger partial charge in [-0.15, -0.1) is 0 Å². The van der Waals surface area contributed by atoms with E-state index in [1.165, 1.54) is 19.4 Å². The zero-order chi connectivity index (χ0) is 15.5. The predicted octanol–water partition coefficient (Wildman–Crippen LogP) is 2.72. The molecule has 0 saturated carbocycles. The first-order chi connectivity index (χ1) is 10.6. The van der Waals surface area contributed by atoms with Gasteiger partial charge in [0.2, 0.25) is 0 Å². The maximum atomic E-state index is 5.83. The first-order valence-corrected chi connectivity index (χ1v) is 8.66. The van der Waals surface area contributed by atoms with Gasteiger partial charge in [-0.1, -0.05) is 6.07 Å². The third-order valence-electron chi connectivity index (χ3n) is 4.82. The van der Waals surface area contributed by atoms with Crippen LogP contribution >= 0.6 is 0 Å². The molecule has 3 rings (SSSR count). The zero-order valence-electron chi connectivity index (χ0n) is 14.2. The molecule has 0 aromatic carbocycles. The third-order valence-corrected chi connectivity index (χ3v) is 4.82. The molecule has 0 unspecified atom stereocenters. The minimum absolute atomic E-state index is 0.375. The van der Waals surface area contributed by atoms with Gasteiger partial charge < -0.3 is 9.64 Å². The molecule has 0 aliphatic carbocycles. The van der Waals surface area contributed by atoms with E-state index in [0.29, 0.717) is 12.2 Å². The van der Waals surface area contributed by atoms with E-state index < -0.39 is 0 Å². The van der Waals surface area contributed by atoms with E-state index in [4.69, 9.17) is 4.74 Å². The fraction of sp³-hybridized carbons (Fsp3) is 0.722. The molecule has 0 radical (unpaired) electrons. The van der Waals surface area contributed by atoms with E-state index in [1.54, 1.807) is 0 Å². The Morgan fingerprint density at radius 3 is 2.45 bits per heavy atom. The summed E-state index contributed by atoms with van der Waals surface area (Å²) in [5.74, 6) is 1.96. The topological polar surface area (TPSA) is 28.6 Å². The van der Waals surface area contributed by atoms with Gasteiger partial charge in [0, 0.05) is 38.4 Å². The first-order valence-electron chi connectivity index (χ1n) is 8.66. The maximum Gasteiger partial charge on any atom is 0.128 e. The Hall–Kier alpha value is -1.13. The van der Waals surface area contributed by atoms with Crippen molar-refractivity contribution in [1.82, 2.24) is 9.88 Å². The molecule has 1 aromatic rings. The van der Waals surface area contributed by atoms with E-state index in [9.17, 15) is 0 Å². The molecule has 2 aliphatic rings. The molecule has 0 N–H and O–H groups in total. The zero-order valence-corrected chi connectivity index (χ0v) is 14.2. The number of aromatic nitrogens is 1.